The first kappa shape index (κ1) is 14.0. The summed E-state index contributed by atoms with van der Waals surface area (Å²) in [4.78, 5) is 26.6. The molecule has 2 aromatic rings. The number of nitrogens with two attached hydrogens (primary N) is 1. The maximum atomic E-state index is 12.0. The largest absolute Gasteiger partial charge is 0.507 e. The second-order valence-electron chi connectivity index (χ2n) is 4.09. The van der Waals surface area contributed by atoms with E-state index in [1.165, 1.54) is 36.5 Å². The number of nitrogens with zero attached hydrogens (tertiary/aromatic N) is 2. The Morgan fingerprint density at radius 1 is 1.29 bits per heavy atom. The Morgan fingerprint density at radius 2 is 2.05 bits per heavy atom. The van der Waals surface area contributed by atoms with Crippen LogP contribution in [0.15, 0.2) is 36.5 Å². The molecule has 0 unspecified atom stereocenters. The minimum atomic E-state index is -0.681. The molecule has 4 N–H and O–H groups in total. The van der Waals surface area contributed by atoms with Gasteiger partial charge in [-0.15, -0.1) is 0 Å². The van der Waals surface area contributed by atoms with E-state index in [9.17, 15) is 14.7 Å². The van der Waals surface area contributed by atoms with Gasteiger partial charge in [0.05, 0.1) is 11.1 Å². The lowest BCUT2D eigenvalue weighted by atomic mass is 10.2. The van der Waals surface area contributed by atoms with Crippen LogP contribution in [0, 0.1) is 11.3 Å². The number of aromatic hydroxyl groups is 1. The lowest BCUT2D eigenvalue weighted by molar-refractivity contribution is 0.0990. The molecule has 0 aliphatic rings. The molecule has 0 radical (unpaired) electrons. The summed E-state index contributed by atoms with van der Waals surface area (Å²) in [6.07, 6.45) is 1.22. The fraction of sp³-hybridized carbons (Fsp3) is 0. The van der Waals surface area contributed by atoms with Gasteiger partial charge in [-0.1, -0.05) is 0 Å². The van der Waals surface area contributed by atoms with E-state index < -0.39 is 11.8 Å². The highest BCUT2D eigenvalue weighted by Crippen LogP contribution is 2.20. The van der Waals surface area contributed by atoms with Crippen LogP contribution in [0.3, 0.4) is 0 Å². The number of pyridine rings is 1. The van der Waals surface area contributed by atoms with Gasteiger partial charge in [-0.2, -0.15) is 5.26 Å². The van der Waals surface area contributed by atoms with Gasteiger partial charge in [0.1, 0.15) is 17.5 Å². The van der Waals surface area contributed by atoms with Gasteiger partial charge in [0.25, 0.3) is 11.8 Å². The average Bonchev–Trinajstić information content (AvgIpc) is 2.49. The van der Waals surface area contributed by atoms with Gasteiger partial charge in [-0.05, 0) is 30.3 Å². The summed E-state index contributed by atoms with van der Waals surface area (Å²) in [6, 6.07) is 8.67. The molecule has 7 nitrogen and oxygen atoms in total. The van der Waals surface area contributed by atoms with Crippen molar-refractivity contribution in [3.8, 4) is 11.8 Å². The first-order valence-electron chi connectivity index (χ1n) is 5.81. The highest BCUT2D eigenvalue weighted by atomic mass is 16.3. The third kappa shape index (κ3) is 3.13. The van der Waals surface area contributed by atoms with Crippen LogP contribution < -0.4 is 11.1 Å². The topological polar surface area (TPSA) is 129 Å². The molecule has 1 aromatic heterocycles. The van der Waals surface area contributed by atoms with Crippen molar-refractivity contribution < 1.29 is 14.7 Å². The quantitative estimate of drug-likeness (QED) is 0.723. The number of amides is 2. The maximum Gasteiger partial charge on any atom is 0.267 e. The van der Waals surface area contributed by atoms with E-state index in [4.69, 9.17) is 11.0 Å². The van der Waals surface area contributed by atoms with E-state index in [0.29, 0.717) is 5.69 Å². The number of carbonyl (C=O) groups is 2. The number of phenols is 1. The monoisotopic (exact) mass is 282 g/mol. The van der Waals surface area contributed by atoms with Gasteiger partial charge in [0.15, 0.2) is 0 Å². The van der Waals surface area contributed by atoms with Crippen molar-refractivity contribution in [3.05, 3.63) is 53.3 Å². The predicted molar refractivity (Wildman–Crippen MR) is 73.5 cm³/mol. The number of anilines is 1. The standard InChI is InChI=1S/C14H10N4O3/c15-6-9-5-10(2-4-12(9)19)18-14(21)8-1-3-11(13(16)20)17-7-8/h1-5,7,19H,(H2,16,20)(H,18,21). The van der Waals surface area contributed by atoms with E-state index in [1.807, 2.05) is 0 Å². The van der Waals surface area contributed by atoms with Crippen molar-refractivity contribution >= 4 is 17.5 Å². The molecule has 1 aromatic carbocycles. The predicted octanol–water partition coefficient (Wildman–Crippen LogP) is 1.01. The number of rotatable bonds is 3. The number of primary amides is 1. The van der Waals surface area contributed by atoms with Crippen LogP contribution in [0.4, 0.5) is 5.69 Å². The van der Waals surface area contributed by atoms with E-state index in [-0.39, 0.29) is 22.6 Å². The second-order valence-corrected chi connectivity index (χ2v) is 4.09. The molecule has 104 valence electrons. The van der Waals surface area contributed by atoms with E-state index in [2.05, 4.69) is 10.3 Å². The minimum Gasteiger partial charge on any atom is -0.507 e. The van der Waals surface area contributed by atoms with Crippen molar-refractivity contribution in [2.75, 3.05) is 5.32 Å². The van der Waals surface area contributed by atoms with E-state index in [0.717, 1.165) is 0 Å². The van der Waals surface area contributed by atoms with Crippen LogP contribution >= 0.6 is 0 Å². The first-order valence-corrected chi connectivity index (χ1v) is 5.81. The number of aromatic nitrogens is 1. The Morgan fingerprint density at radius 3 is 2.62 bits per heavy atom. The summed E-state index contributed by atoms with van der Waals surface area (Å²) in [5, 5.41) is 20.7. The summed E-state index contributed by atoms with van der Waals surface area (Å²) in [5.74, 6) is -1.31. The van der Waals surface area contributed by atoms with Gasteiger partial charge in [-0.25, -0.2) is 0 Å². The molecule has 0 atom stereocenters. The summed E-state index contributed by atoms with van der Waals surface area (Å²) in [5.41, 5.74) is 5.75. The molecule has 0 saturated carbocycles. The third-order valence-corrected chi connectivity index (χ3v) is 2.65. The fourth-order valence-electron chi connectivity index (χ4n) is 1.58. The lowest BCUT2D eigenvalue weighted by Gasteiger charge is -2.06. The summed E-state index contributed by atoms with van der Waals surface area (Å²) in [7, 11) is 0. The Balaban J connectivity index is 2.18. The zero-order valence-corrected chi connectivity index (χ0v) is 10.7. The number of carbonyl (C=O) groups excluding carboxylic acids is 2. The molecule has 0 aliphatic carbocycles. The summed E-state index contributed by atoms with van der Waals surface area (Å²) >= 11 is 0. The number of nitrogens with one attached hydrogen (secondary N) is 1. The normalized spacial score (nSPS) is 9.67. The van der Waals surface area contributed by atoms with Crippen LogP contribution in [-0.4, -0.2) is 21.9 Å². The molecular formula is C14H10N4O3. The van der Waals surface area contributed by atoms with Crippen LogP contribution in [0.5, 0.6) is 5.75 Å². The molecule has 21 heavy (non-hydrogen) atoms. The number of hydrogen-bond acceptors (Lipinski definition) is 5. The van der Waals surface area contributed by atoms with E-state index >= 15 is 0 Å². The number of hydrogen-bond donors (Lipinski definition) is 3. The minimum absolute atomic E-state index is 0.0509. The molecule has 7 heteroatoms. The SMILES string of the molecule is N#Cc1cc(NC(=O)c2ccc(C(N)=O)nc2)ccc1O. The molecule has 0 fully saturated rings. The second kappa shape index (κ2) is 5.71. The Hall–Kier alpha value is -3.40. The van der Waals surface area contributed by atoms with Gasteiger partial charge >= 0.3 is 0 Å². The number of benzene rings is 1. The molecule has 0 spiro atoms. The Bertz CT molecular complexity index is 748. The van der Waals surface area contributed by atoms with Crippen molar-refractivity contribution in [3.63, 3.8) is 0 Å². The highest BCUT2D eigenvalue weighted by molar-refractivity contribution is 6.04. The van der Waals surface area contributed by atoms with Crippen molar-refractivity contribution in [1.82, 2.24) is 4.98 Å². The summed E-state index contributed by atoms with van der Waals surface area (Å²) in [6.45, 7) is 0. The van der Waals surface area contributed by atoms with Gasteiger partial charge in [0, 0.05) is 11.9 Å². The van der Waals surface area contributed by atoms with Crippen molar-refractivity contribution in [2.45, 2.75) is 0 Å². The summed E-state index contributed by atoms with van der Waals surface area (Å²) < 4.78 is 0. The number of nitriles is 1. The third-order valence-electron chi connectivity index (χ3n) is 2.65. The first-order chi connectivity index (χ1) is 10.0. The molecule has 2 amide bonds. The van der Waals surface area contributed by atoms with E-state index in [1.54, 1.807) is 6.07 Å². The Kier molecular flexibility index (Phi) is 3.81. The van der Waals surface area contributed by atoms with Gasteiger partial charge in [-0.3, -0.25) is 14.6 Å². The van der Waals surface area contributed by atoms with Crippen LogP contribution in [0.1, 0.15) is 26.4 Å². The Labute approximate surface area is 119 Å². The molecule has 1 heterocycles. The zero-order chi connectivity index (χ0) is 15.4. The fourth-order valence-corrected chi connectivity index (χ4v) is 1.58. The van der Waals surface area contributed by atoms with Crippen molar-refractivity contribution in [2.24, 2.45) is 5.73 Å². The maximum absolute atomic E-state index is 12.0. The van der Waals surface area contributed by atoms with Crippen LogP contribution in [0.25, 0.3) is 0 Å². The molecule has 0 aliphatic heterocycles. The smallest absolute Gasteiger partial charge is 0.267 e. The molecular weight excluding hydrogens is 272 g/mol. The van der Waals surface area contributed by atoms with Crippen LogP contribution in [-0.2, 0) is 0 Å². The molecule has 0 saturated heterocycles. The van der Waals surface area contributed by atoms with Crippen LogP contribution in [0.2, 0.25) is 0 Å². The zero-order valence-electron chi connectivity index (χ0n) is 10.7. The van der Waals surface area contributed by atoms with Crippen molar-refractivity contribution in [1.29, 1.82) is 5.26 Å². The molecule has 2 rings (SSSR count). The highest BCUT2D eigenvalue weighted by Gasteiger charge is 2.10. The van der Waals surface area contributed by atoms with Gasteiger partial charge < -0.3 is 16.2 Å². The number of phenolic OH excluding ortho intramolecular Hbond substituents is 1. The molecule has 0 bridgehead atoms. The lowest BCUT2D eigenvalue weighted by Crippen LogP contribution is -2.15. The average molecular weight is 282 g/mol. The van der Waals surface area contributed by atoms with Gasteiger partial charge in [0.2, 0.25) is 0 Å².